The summed E-state index contributed by atoms with van der Waals surface area (Å²) < 4.78 is 0. The quantitative estimate of drug-likeness (QED) is 0.352. The number of allylic oxidation sites excluding steroid dienone is 3. The Balaban J connectivity index is 2.38. The lowest BCUT2D eigenvalue weighted by molar-refractivity contribution is 0.490. The number of hydrogen-bond donors (Lipinski definition) is 0. The predicted octanol–water partition coefficient (Wildman–Crippen LogP) is 6.65. The molecule has 21 heavy (non-hydrogen) atoms. The molecule has 1 atom stereocenters. The van der Waals surface area contributed by atoms with Crippen molar-refractivity contribution in [2.75, 3.05) is 0 Å². The van der Waals surface area contributed by atoms with E-state index < -0.39 is 0 Å². The number of benzene rings is 1. The molecule has 0 nitrogen and oxygen atoms in total. The van der Waals surface area contributed by atoms with Gasteiger partial charge in [-0.2, -0.15) is 0 Å². The van der Waals surface area contributed by atoms with E-state index in [2.05, 4.69) is 64.6 Å². The van der Waals surface area contributed by atoms with Crippen molar-refractivity contribution in [2.45, 2.75) is 66.2 Å². The monoisotopic (exact) mass is 284 g/mol. The topological polar surface area (TPSA) is 0 Å². The van der Waals surface area contributed by atoms with E-state index in [1.807, 2.05) is 0 Å². The molecule has 116 valence electrons. The van der Waals surface area contributed by atoms with Gasteiger partial charge in [-0.3, -0.25) is 0 Å². The SMILES string of the molecule is C=C(C=C(C)C)C(CCC)CCCCc1ccc(C)cc1. The molecular formula is C21H32. The van der Waals surface area contributed by atoms with E-state index in [0.29, 0.717) is 5.92 Å². The van der Waals surface area contributed by atoms with Gasteiger partial charge < -0.3 is 0 Å². The average Bonchev–Trinajstić information content (AvgIpc) is 2.43. The Labute approximate surface area is 132 Å². The summed E-state index contributed by atoms with van der Waals surface area (Å²) in [4.78, 5) is 0. The molecule has 1 aromatic rings. The Hall–Kier alpha value is -1.30. The average molecular weight is 284 g/mol. The zero-order valence-corrected chi connectivity index (χ0v) is 14.4. The maximum absolute atomic E-state index is 4.28. The van der Waals surface area contributed by atoms with E-state index >= 15 is 0 Å². The molecule has 0 aliphatic heterocycles. The van der Waals surface area contributed by atoms with Gasteiger partial charge in [0.25, 0.3) is 0 Å². The molecule has 0 aliphatic carbocycles. The second-order valence-corrected chi connectivity index (χ2v) is 6.51. The number of rotatable bonds is 9. The summed E-state index contributed by atoms with van der Waals surface area (Å²) in [5, 5.41) is 0. The van der Waals surface area contributed by atoms with Crippen LogP contribution in [-0.2, 0) is 6.42 Å². The minimum Gasteiger partial charge on any atom is -0.0956 e. The lowest BCUT2D eigenvalue weighted by atomic mass is 9.88. The van der Waals surface area contributed by atoms with Crippen molar-refractivity contribution in [1.29, 1.82) is 0 Å². The Morgan fingerprint density at radius 3 is 2.33 bits per heavy atom. The molecule has 0 bridgehead atoms. The molecule has 0 saturated heterocycles. The third kappa shape index (κ3) is 7.32. The highest BCUT2D eigenvalue weighted by Crippen LogP contribution is 2.24. The maximum atomic E-state index is 4.28. The van der Waals surface area contributed by atoms with E-state index in [4.69, 9.17) is 0 Å². The van der Waals surface area contributed by atoms with Gasteiger partial charge in [-0.15, -0.1) is 0 Å². The number of aryl methyl sites for hydroxylation is 2. The molecule has 0 heteroatoms. The fraction of sp³-hybridized carbons (Fsp3) is 0.524. The standard InChI is InChI=1S/C21H32/c1-6-9-21(19(5)16-17(2)3)11-8-7-10-20-14-12-18(4)13-15-20/h12-16,21H,5-11H2,1-4H3. The van der Waals surface area contributed by atoms with Crippen LogP contribution in [0.1, 0.15) is 64.0 Å². The van der Waals surface area contributed by atoms with Crippen molar-refractivity contribution in [3.63, 3.8) is 0 Å². The first kappa shape index (κ1) is 17.8. The highest BCUT2D eigenvalue weighted by molar-refractivity contribution is 5.22. The maximum Gasteiger partial charge on any atom is -0.0168 e. The molecule has 0 N–H and O–H groups in total. The summed E-state index contributed by atoms with van der Waals surface area (Å²) >= 11 is 0. The predicted molar refractivity (Wildman–Crippen MR) is 95.7 cm³/mol. The van der Waals surface area contributed by atoms with Crippen molar-refractivity contribution in [3.05, 3.63) is 59.2 Å². The van der Waals surface area contributed by atoms with Crippen LogP contribution in [0.25, 0.3) is 0 Å². The molecule has 1 aromatic carbocycles. The van der Waals surface area contributed by atoms with Gasteiger partial charge >= 0.3 is 0 Å². The summed E-state index contributed by atoms with van der Waals surface area (Å²) in [6.45, 7) is 13.0. The summed E-state index contributed by atoms with van der Waals surface area (Å²) in [7, 11) is 0. The second-order valence-electron chi connectivity index (χ2n) is 6.51. The molecule has 0 radical (unpaired) electrons. The Kier molecular flexibility index (Phi) is 8.12. The van der Waals surface area contributed by atoms with Crippen LogP contribution in [0.4, 0.5) is 0 Å². The highest BCUT2D eigenvalue weighted by atomic mass is 14.1. The summed E-state index contributed by atoms with van der Waals surface area (Å²) in [6.07, 6.45) is 9.85. The van der Waals surface area contributed by atoms with Gasteiger partial charge in [0.15, 0.2) is 0 Å². The van der Waals surface area contributed by atoms with Crippen LogP contribution < -0.4 is 0 Å². The van der Waals surface area contributed by atoms with E-state index in [0.717, 1.165) is 0 Å². The number of hydrogen-bond acceptors (Lipinski definition) is 0. The van der Waals surface area contributed by atoms with Crippen LogP contribution in [0.15, 0.2) is 48.1 Å². The summed E-state index contributed by atoms with van der Waals surface area (Å²) in [6, 6.07) is 8.96. The largest absolute Gasteiger partial charge is 0.0956 e. The fourth-order valence-electron chi connectivity index (χ4n) is 2.83. The van der Waals surface area contributed by atoms with Gasteiger partial charge in [0.2, 0.25) is 0 Å². The highest BCUT2D eigenvalue weighted by Gasteiger charge is 2.09. The molecule has 1 rings (SSSR count). The van der Waals surface area contributed by atoms with Crippen molar-refractivity contribution in [2.24, 2.45) is 5.92 Å². The normalized spacial score (nSPS) is 12.0. The lowest BCUT2D eigenvalue weighted by Crippen LogP contribution is -2.03. The van der Waals surface area contributed by atoms with Gasteiger partial charge in [0, 0.05) is 0 Å². The molecule has 0 aliphatic rings. The second kappa shape index (κ2) is 9.60. The van der Waals surface area contributed by atoms with Crippen LogP contribution in [0.5, 0.6) is 0 Å². The van der Waals surface area contributed by atoms with Crippen molar-refractivity contribution >= 4 is 0 Å². The van der Waals surface area contributed by atoms with Crippen LogP contribution in [0, 0.1) is 12.8 Å². The molecule has 0 spiro atoms. The van der Waals surface area contributed by atoms with E-state index in [-0.39, 0.29) is 0 Å². The minimum atomic E-state index is 0.669. The Bertz CT molecular complexity index is 443. The fourth-order valence-corrected chi connectivity index (χ4v) is 2.83. The molecule has 1 unspecified atom stereocenters. The zero-order chi connectivity index (χ0) is 15.7. The van der Waals surface area contributed by atoms with Gasteiger partial charge in [-0.25, -0.2) is 0 Å². The molecule has 0 heterocycles. The molecule has 0 fully saturated rings. The van der Waals surface area contributed by atoms with Crippen LogP contribution in [-0.4, -0.2) is 0 Å². The third-order valence-corrected chi connectivity index (χ3v) is 4.02. The van der Waals surface area contributed by atoms with Crippen LogP contribution in [0.2, 0.25) is 0 Å². The zero-order valence-electron chi connectivity index (χ0n) is 14.4. The molecular weight excluding hydrogens is 252 g/mol. The summed E-state index contributed by atoms with van der Waals surface area (Å²) in [5.41, 5.74) is 5.50. The van der Waals surface area contributed by atoms with E-state index in [9.17, 15) is 0 Å². The molecule has 0 saturated carbocycles. The van der Waals surface area contributed by atoms with Crippen molar-refractivity contribution in [1.82, 2.24) is 0 Å². The van der Waals surface area contributed by atoms with E-state index in [1.54, 1.807) is 0 Å². The minimum absolute atomic E-state index is 0.669. The Morgan fingerprint density at radius 1 is 1.10 bits per heavy atom. The van der Waals surface area contributed by atoms with Gasteiger partial charge in [0.1, 0.15) is 0 Å². The summed E-state index contributed by atoms with van der Waals surface area (Å²) in [5.74, 6) is 0.669. The first-order valence-corrected chi connectivity index (χ1v) is 8.42. The number of unbranched alkanes of at least 4 members (excludes halogenated alkanes) is 1. The first-order chi connectivity index (χ1) is 10.0. The smallest absolute Gasteiger partial charge is 0.0168 e. The third-order valence-electron chi connectivity index (χ3n) is 4.02. The van der Waals surface area contributed by atoms with Gasteiger partial charge in [-0.05, 0) is 57.9 Å². The Morgan fingerprint density at radius 2 is 1.76 bits per heavy atom. The van der Waals surface area contributed by atoms with E-state index in [1.165, 1.54) is 60.8 Å². The molecule has 0 aromatic heterocycles. The van der Waals surface area contributed by atoms with Crippen molar-refractivity contribution < 1.29 is 0 Å². The molecule has 0 amide bonds. The lowest BCUT2D eigenvalue weighted by Gasteiger charge is -2.17. The van der Waals surface area contributed by atoms with Crippen LogP contribution in [0.3, 0.4) is 0 Å². The van der Waals surface area contributed by atoms with Crippen molar-refractivity contribution in [3.8, 4) is 0 Å². The van der Waals surface area contributed by atoms with Gasteiger partial charge in [-0.1, -0.05) is 73.4 Å². The van der Waals surface area contributed by atoms with Crippen LogP contribution >= 0.6 is 0 Å². The van der Waals surface area contributed by atoms with Gasteiger partial charge in [0.05, 0.1) is 0 Å². The first-order valence-electron chi connectivity index (χ1n) is 8.42.